The van der Waals surface area contributed by atoms with Gasteiger partial charge >= 0.3 is 0 Å². The van der Waals surface area contributed by atoms with Crippen LogP contribution in [0.2, 0.25) is 0 Å². The van der Waals surface area contributed by atoms with Gasteiger partial charge in [-0.3, -0.25) is 4.99 Å². The van der Waals surface area contributed by atoms with Crippen molar-refractivity contribution >= 4 is 29.9 Å². The van der Waals surface area contributed by atoms with Crippen LogP contribution in [0.3, 0.4) is 0 Å². The molecular formula is C19H33IN4O. The van der Waals surface area contributed by atoms with Gasteiger partial charge in [0.2, 0.25) is 0 Å². The van der Waals surface area contributed by atoms with Gasteiger partial charge < -0.3 is 20.3 Å². The number of likely N-dealkylation sites (tertiary alicyclic amines) is 1. The molecule has 1 aliphatic heterocycles. The van der Waals surface area contributed by atoms with Gasteiger partial charge in [-0.05, 0) is 44.0 Å². The van der Waals surface area contributed by atoms with E-state index < -0.39 is 0 Å². The Morgan fingerprint density at radius 1 is 1.08 bits per heavy atom. The van der Waals surface area contributed by atoms with E-state index in [9.17, 15) is 0 Å². The molecule has 0 radical (unpaired) electrons. The van der Waals surface area contributed by atoms with Crippen molar-refractivity contribution in [2.45, 2.75) is 39.3 Å². The van der Waals surface area contributed by atoms with E-state index in [-0.39, 0.29) is 24.0 Å². The van der Waals surface area contributed by atoms with E-state index in [0.717, 1.165) is 32.2 Å². The SMILES string of the molecule is CCOCc1ccc(CNC(=NC)NCCN2CCCCC2)cc1.I. The second kappa shape index (κ2) is 13.4. The Hall–Kier alpha value is -0.860. The molecule has 1 saturated heterocycles. The molecule has 1 aromatic rings. The molecule has 0 atom stereocenters. The van der Waals surface area contributed by atoms with E-state index in [4.69, 9.17) is 4.74 Å². The molecule has 0 aliphatic carbocycles. The molecule has 1 heterocycles. The highest BCUT2D eigenvalue weighted by Gasteiger charge is 2.09. The summed E-state index contributed by atoms with van der Waals surface area (Å²) < 4.78 is 5.42. The molecule has 0 aromatic heterocycles. The number of nitrogens with one attached hydrogen (secondary N) is 2. The Morgan fingerprint density at radius 3 is 2.40 bits per heavy atom. The normalized spacial score (nSPS) is 15.5. The van der Waals surface area contributed by atoms with Crippen LogP contribution in [-0.4, -0.2) is 50.7 Å². The molecule has 1 fully saturated rings. The molecule has 2 rings (SSSR count). The molecule has 1 aliphatic rings. The van der Waals surface area contributed by atoms with Gasteiger partial charge in [-0.1, -0.05) is 30.7 Å². The second-order valence-electron chi connectivity index (χ2n) is 6.21. The van der Waals surface area contributed by atoms with Crippen LogP contribution < -0.4 is 10.6 Å². The van der Waals surface area contributed by atoms with Crippen LogP contribution >= 0.6 is 24.0 Å². The summed E-state index contributed by atoms with van der Waals surface area (Å²) in [5, 5.41) is 6.78. The van der Waals surface area contributed by atoms with Gasteiger partial charge in [0.05, 0.1) is 6.61 Å². The van der Waals surface area contributed by atoms with Crippen LogP contribution in [0.4, 0.5) is 0 Å². The van der Waals surface area contributed by atoms with Crippen molar-refractivity contribution in [3.8, 4) is 0 Å². The largest absolute Gasteiger partial charge is 0.377 e. The third-order valence-electron chi connectivity index (χ3n) is 4.35. The summed E-state index contributed by atoms with van der Waals surface area (Å²) in [5.74, 6) is 0.866. The lowest BCUT2D eigenvalue weighted by atomic mass is 10.1. The maximum Gasteiger partial charge on any atom is 0.191 e. The molecule has 25 heavy (non-hydrogen) atoms. The van der Waals surface area contributed by atoms with E-state index in [1.54, 1.807) is 0 Å². The number of halogens is 1. The predicted molar refractivity (Wildman–Crippen MR) is 116 cm³/mol. The monoisotopic (exact) mass is 460 g/mol. The average Bonchev–Trinajstić information content (AvgIpc) is 2.64. The predicted octanol–water partition coefficient (Wildman–Crippen LogP) is 2.99. The number of piperidine rings is 1. The molecule has 0 amide bonds. The summed E-state index contributed by atoms with van der Waals surface area (Å²) in [4.78, 5) is 6.83. The summed E-state index contributed by atoms with van der Waals surface area (Å²) in [7, 11) is 1.82. The molecular weight excluding hydrogens is 427 g/mol. The van der Waals surface area contributed by atoms with Crippen molar-refractivity contribution in [1.29, 1.82) is 0 Å². The first kappa shape index (κ1) is 22.2. The molecule has 0 bridgehead atoms. The highest BCUT2D eigenvalue weighted by molar-refractivity contribution is 14.0. The van der Waals surface area contributed by atoms with Crippen molar-refractivity contribution in [3.63, 3.8) is 0 Å². The summed E-state index contributed by atoms with van der Waals surface area (Å²) in [5.41, 5.74) is 2.46. The minimum Gasteiger partial charge on any atom is -0.377 e. The molecule has 0 unspecified atom stereocenters. The van der Waals surface area contributed by atoms with Gasteiger partial charge in [-0.2, -0.15) is 0 Å². The van der Waals surface area contributed by atoms with Gasteiger partial charge in [-0.25, -0.2) is 0 Å². The zero-order chi connectivity index (χ0) is 17.0. The fraction of sp³-hybridized carbons (Fsp3) is 0.632. The lowest BCUT2D eigenvalue weighted by Gasteiger charge is -2.26. The molecule has 2 N–H and O–H groups in total. The van der Waals surface area contributed by atoms with E-state index >= 15 is 0 Å². The minimum absolute atomic E-state index is 0. The number of benzene rings is 1. The van der Waals surface area contributed by atoms with Crippen LogP contribution in [0.25, 0.3) is 0 Å². The van der Waals surface area contributed by atoms with Crippen molar-refractivity contribution in [2.24, 2.45) is 4.99 Å². The van der Waals surface area contributed by atoms with Crippen molar-refractivity contribution in [1.82, 2.24) is 15.5 Å². The fourth-order valence-electron chi connectivity index (χ4n) is 2.90. The van der Waals surface area contributed by atoms with Crippen molar-refractivity contribution in [3.05, 3.63) is 35.4 Å². The van der Waals surface area contributed by atoms with Crippen LogP contribution in [-0.2, 0) is 17.9 Å². The van der Waals surface area contributed by atoms with E-state index in [1.807, 2.05) is 14.0 Å². The Labute approximate surface area is 169 Å². The Balaban J connectivity index is 0.00000312. The number of hydrogen-bond acceptors (Lipinski definition) is 3. The average molecular weight is 460 g/mol. The third kappa shape index (κ3) is 8.87. The lowest BCUT2D eigenvalue weighted by Crippen LogP contribution is -2.42. The number of hydrogen-bond donors (Lipinski definition) is 2. The quantitative estimate of drug-likeness (QED) is 0.356. The van der Waals surface area contributed by atoms with Crippen molar-refractivity contribution < 1.29 is 4.74 Å². The number of guanidine groups is 1. The molecule has 142 valence electrons. The third-order valence-corrected chi connectivity index (χ3v) is 4.35. The topological polar surface area (TPSA) is 48.9 Å². The summed E-state index contributed by atoms with van der Waals surface area (Å²) in [6.07, 6.45) is 4.06. The first-order valence-electron chi connectivity index (χ1n) is 9.14. The second-order valence-corrected chi connectivity index (χ2v) is 6.21. The van der Waals surface area contributed by atoms with Crippen LogP contribution in [0.1, 0.15) is 37.3 Å². The van der Waals surface area contributed by atoms with Crippen LogP contribution in [0, 0.1) is 0 Å². The Morgan fingerprint density at radius 2 is 1.76 bits per heavy atom. The summed E-state index contributed by atoms with van der Waals surface area (Å²) in [6, 6.07) is 8.53. The zero-order valence-corrected chi connectivity index (χ0v) is 17.9. The molecule has 0 spiro atoms. The molecule has 6 heteroatoms. The van der Waals surface area contributed by atoms with Crippen molar-refractivity contribution in [2.75, 3.05) is 39.8 Å². The van der Waals surface area contributed by atoms with E-state index in [1.165, 1.54) is 43.5 Å². The maximum absolute atomic E-state index is 5.42. The summed E-state index contributed by atoms with van der Waals surface area (Å²) >= 11 is 0. The smallest absolute Gasteiger partial charge is 0.191 e. The van der Waals surface area contributed by atoms with Gasteiger partial charge in [0.25, 0.3) is 0 Å². The standard InChI is InChI=1S/C19H32N4O.HI/c1-3-24-16-18-9-7-17(8-10-18)15-22-19(20-2)21-11-14-23-12-5-4-6-13-23;/h7-10H,3-6,11-16H2,1-2H3,(H2,20,21,22);1H. The maximum atomic E-state index is 5.42. The summed E-state index contributed by atoms with van der Waals surface area (Å²) in [6.45, 7) is 8.73. The minimum atomic E-state index is 0. The Bertz CT molecular complexity index is 487. The number of rotatable bonds is 8. The number of ether oxygens (including phenoxy) is 1. The van der Waals surface area contributed by atoms with E-state index in [0.29, 0.717) is 6.61 Å². The Kier molecular flexibility index (Phi) is 11.9. The molecule has 0 saturated carbocycles. The highest BCUT2D eigenvalue weighted by Crippen LogP contribution is 2.07. The highest BCUT2D eigenvalue weighted by atomic mass is 127. The van der Waals surface area contributed by atoms with Crippen LogP contribution in [0.15, 0.2) is 29.3 Å². The van der Waals surface area contributed by atoms with Gasteiger partial charge in [0.15, 0.2) is 5.96 Å². The van der Waals surface area contributed by atoms with Gasteiger partial charge in [-0.15, -0.1) is 24.0 Å². The first-order chi connectivity index (χ1) is 11.8. The van der Waals surface area contributed by atoms with Crippen LogP contribution in [0.5, 0.6) is 0 Å². The van der Waals surface area contributed by atoms with E-state index in [2.05, 4.69) is 44.8 Å². The van der Waals surface area contributed by atoms with Gasteiger partial charge in [0.1, 0.15) is 0 Å². The lowest BCUT2D eigenvalue weighted by molar-refractivity contribution is 0.134. The fourth-order valence-corrected chi connectivity index (χ4v) is 2.90. The molecule has 5 nitrogen and oxygen atoms in total. The number of aliphatic imine (C=N–C) groups is 1. The number of nitrogens with zero attached hydrogens (tertiary/aromatic N) is 2. The zero-order valence-electron chi connectivity index (χ0n) is 15.6. The first-order valence-corrected chi connectivity index (χ1v) is 9.14. The molecule has 1 aromatic carbocycles. The van der Waals surface area contributed by atoms with Gasteiger partial charge in [0, 0.05) is 33.3 Å².